The van der Waals surface area contributed by atoms with Crippen LogP contribution in [0, 0.1) is 19.7 Å². The Bertz CT molecular complexity index is 974. The third-order valence-electron chi connectivity index (χ3n) is 4.12. The van der Waals surface area contributed by atoms with E-state index >= 15 is 0 Å². The van der Waals surface area contributed by atoms with Crippen molar-refractivity contribution in [2.24, 2.45) is 0 Å². The first-order valence-electron chi connectivity index (χ1n) is 8.46. The molecule has 27 heavy (non-hydrogen) atoms. The van der Waals surface area contributed by atoms with Crippen LogP contribution < -0.4 is 10.6 Å². The SMILES string of the molecule is Cc1ccc(CNc2nc(Cl)ccc2C(=O)Nc2ccc(C)c(F)c2)cc1. The second kappa shape index (κ2) is 8.18. The van der Waals surface area contributed by atoms with Crippen LogP contribution in [-0.2, 0) is 6.54 Å². The molecule has 1 heterocycles. The van der Waals surface area contributed by atoms with E-state index in [1.807, 2.05) is 31.2 Å². The Morgan fingerprint density at radius 3 is 2.52 bits per heavy atom. The van der Waals surface area contributed by atoms with Gasteiger partial charge in [0, 0.05) is 12.2 Å². The van der Waals surface area contributed by atoms with E-state index < -0.39 is 5.91 Å². The van der Waals surface area contributed by atoms with E-state index in [0.29, 0.717) is 29.2 Å². The zero-order valence-electron chi connectivity index (χ0n) is 15.0. The lowest BCUT2D eigenvalue weighted by Crippen LogP contribution is -2.16. The predicted octanol–water partition coefficient (Wildman–Crippen LogP) is 5.36. The fourth-order valence-electron chi connectivity index (χ4n) is 2.51. The monoisotopic (exact) mass is 383 g/mol. The van der Waals surface area contributed by atoms with Crippen LogP contribution >= 0.6 is 11.6 Å². The molecule has 4 nitrogen and oxygen atoms in total. The first kappa shape index (κ1) is 18.9. The Morgan fingerprint density at radius 1 is 1.07 bits per heavy atom. The van der Waals surface area contributed by atoms with Gasteiger partial charge in [0.1, 0.15) is 16.8 Å². The van der Waals surface area contributed by atoms with Gasteiger partial charge in [0.15, 0.2) is 0 Å². The number of amides is 1. The van der Waals surface area contributed by atoms with Gasteiger partial charge in [-0.05, 0) is 49.2 Å². The van der Waals surface area contributed by atoms with Gasteiger partial charge in [-0.3, -0.25) is 4.79 Å². The third kappa shape index (κ3) is 4.83. The van der Waals surface area contributed by atoms with E-state index in [9.17, 15) is 9.18 Å². The van der Waals surface area contributed by atoms with Gasteiger partial charge in [0.25, 0.3) is 5.91 Å². The van der Waals surface area contributed by atoms with Gasteiger partial charge in [-0.1, -0.05) is 47.5 Å². The number of carbonyl (C=O) groups excluding carboxylic acids is 1. The Morgan fingerprint density at radius 2 is 1.81 bits per heavy atom. The summed E-state index contributed by atoms with van der Waals surface area (Å²) in [6, 6.07) is 15.7. The number of pyridine rings is 1. The minimum absolute atomic E-state index is 0.277. The number of nitrogens with zero attached hydrogens (tertiary/aromatic N) is 1. The van der Waals surface area contributed by atoms with Gasteiger partial charge >= 0.3 is 0 Å². The maximum absolute atomic E-state index is 13.7. The number of rotatable bonds is 5. The predicted molar refractivity (Wildman–Crippen MR) is 107 cm³/mol. The lowest BCUT2D eigenvalue weighted by molar-refractivity contribution is 0.102. The molecule has 2 aromatic carbocycles. The Labute approximate surface area is 162 Å². The fraction of sp³-hybridized carbons (Fsp3) is 0.143. The Hall–Kier alpha value is -2.92. The average molecular weight is 384 g/mol. The fourth-order valence-corrected chi connectivity index (χ4v) is 2.66. The molecule has 0 fully saturated rings. The molecule has 0 radical (unpaired) electrons. The maximum Gasteiger partial charge on any atom is 0.259 e. The first-order chi connectivity index (χ1) is 12.9. The number of aromatic nitrogens is 1. The molecule has 0 bridgehead atoms. The van der Waals surface area contributed by atoms with Crippen LogP contribution in [0.1, 0.15) is 27.0 Å². The summed E-state index contributed by atoms with van der Waals surface area (Å²) in [5.41, 5.74) is 3.44. The largest absolute Gasteiger partial charge is 0.365 e. The smallest absolute Gasteiger partial charge is 0.259 e. The van der Waals surface area contributed by atoms with Gasteiger partial charge in [-0.25, -0.2) is 9.37 Å². The van der Waals surface area contributed by atoms with Crippen molar-refractivity contribution < 1.29 is 9.18 Å². The van der Waals surface area contributed by atoms with Crippen LogP contribution in [0.5, 0.6) is 0 Å². The Kier molecular flexibility index (Phi) is 5.72. The Balaban J connectivity index is 1.78. The molecule has 0 saturated carbocycles. The second-order valence-electron chi connectivity index (χ2n) is 6.29. The van der Waals surface area contributed by atoms with E-state index in [2.05, 4.69) is 15.6 Å². The molecule has 138 valence electrons. The molecular formula is C21H19ClFN3O. The molecule has 0 aliphatic heterocycles. The highest BCUT2D eigenvalue weighted by Gasteiger charge is 2.14. The lowest BCUT2D eigenvalue weighted by Gasteiger charge is -2.12. The van der Waals surface area contributed by atoms with E-state index in [1.165, 1.54) is 11.6 Å². The number of benzene rings is 2. The van der Waals surface area contributed by atoms with Crippen molar-refractivity contribution >= 4 is 29.0 Å². The van der Waals surface area contributed by atoms with Crippen LogP contribution in [0.15, 0.2) is 54.6 Å². The normalized spacial score (nSPS) is 10.5. The highest BCUT2D eigenvalue weighted by Crippen LogP contribution is 2.20. The number of hydrogen-bond acceptors (Lipinski definition) is 3. The first-order valence-corrected chi connectivity index (χ1v) is 8.83. The summed E-state index contributed by atoms with van der Waals surface area (Å²) in [4.78, 5) is 16.9. The van der Waals surface area contributed by atoms with E-state index in [4.69, 9.17) is 11.6 Å². The molecule has 2 N–H and O–H groups in total. The zero-order chi connectivity index (χ0) is 19.4. The topological polar surface area (TPSA) is 54.0 Å². The molecule has 0 aliphatic rings. The van der Waals surface area contributed by atoms with Crippen LogP contribution in [0.2, 0.25) is 5.15 Å². The van der Waals surface area contributed by atoms with Crippen LogP contribution in [0.3, 0.4) is 0 Å². The quantitative estimate of drug-likeness (QED) is 0.583. The minimum Gasteiger partial charge on any atom is -0.365 e. The molecule has 3 rings (SSSR count). The van der Waals surface area contributed by atoms with E-state index in [0.717, 1.165) is 5.56 Å². The van der Waals surface area contributed by atoms with Crippen LogP contribution in [0.25, 0.3) is 0 Å². The van der Waals surface area contributed by atoms with Crippen molar-refractivity contribution in [1.82, 2.24) is 4.98 Å². The summed E-state index contributed by atoms with van der Waals surface area (Å²) in [5, 5.41) is 6.11. The van der Waals surface area contributed by atoms with Crippen molar-refractivity contribution in [3.8, 4) is 0 Å². The number of anilines is 2. The molecule has 0 aliphatic carbocycles. The number of nitrogens with one attached hydrogen (secondary N) is 2. The van der Waals surface area contributed by atoms with Crippen molar-refractivity contribution in [3.05, 3.63) is 87.8 Å². The minimum atomic E-state index is -0.395. The van der Waals surface area contributed by atoms with Crippen molar-refractivity contribution in [3.63, 3.8) is 0 Å². The number of carbonyl (C=O) groups is 1. The van der Waals surface area contributed by atoms with Gasteiger partial charge in [0.05, 0.1) is 5.56 Å². The van der Waals surface area contributed by atoms with E-state index in [1.54, 1.807) is 31.2 Å². The molecular weight excluding hydrogens is 365 g/mol. The summed E-state index contributed by atoms with van der Waals surface area (Å²) in [7, 11) is 0. The highest BCUT2D eigenvalue weighted by atomic mass is 35.5. The van der Waals surface area contributed by atoms with Crippen molar-refractivity contribution in [1.29, 1.82) is 0 Å². The van der Waals surface area contributed by atoms with Crippen LogP contribution in [0.4, 0.5) is 15.9 Å². The standard InChI is InChI=1S/C21H19ClFN3O/c1-13-3-6-15(7-4-13)12-24-20-17(9-10-19(22)26-20)21(27)25-16-8-5-14(2)18(23)11-16/h3-11H,12H2,1-2H3,(H,24,26)(H,25,27). The van der Waals surface area contributed by atoms with E-state index in [-0.39, 0.29) is 11.0 Å². The molecule has 0 saturated heterocycles. The zero-order valence-corrected chi connectivity index (χ0v) is 15.8. The molecule has 6 heteroatoms. The molecule has 3 aromatic rings. The summed E-state index contributed by atoms with van der Waals surface area (Å²) >= 11 is 5.99. The number of aryl methyl sites for hydroxylation is 2. The molecule has 1 aromatic heterocycles. The second-order valence-corrected chi connectivity index (χ2v) is 6.67. The molecule has 0 spiro atoms. The molecule has 0 unspecified atom stereocenters. The average Bonchev–Trinajstić information content (AvgIpc) is 2.64. The summed E-state index contributed by atoms with van der Waals surface area (Å²) < 4.78 is 13.7. The van der Waals surface area contributed by atoms with Crippen molar-refractivity contribution in [2.75, 3.05) is 10.6 Å². The molecule has 1 amide bonds. The van der Waals surface area contributed by atoms with Crippen LogP contribution in [-0.4, -0.2) is 10.9 Å². The summed E-state index contributed by atoms with van der Waals surface area (Å²) in [6.07, 6.45) is 0. The third-order valence-corrected chi connectivity index (χ3v) is 4.33. The van der Waals surface area contributed by atoms with Gasteiger partial charge in [-0.2, -0.15) is 0 Å². The van der Waals surface area contributed by atoms with Crippen molar-refractivity contribution in [2.45, 2.75) is 20.4 Å². The summed E-state index contributed by atoms with van der Waals surface area (Å²) in [5.74, 6) is -0.401. The lowest BCUT2D eigenvalue weighted by atomic mass is 10.1. The van der Waals surface area contributed by atoms with Gasteiger partial charge in [0.2, 0.25) is 0 Å². The maximum atomic E-state index is 13.7. The number of hydrogen-bond donors (Lipinski definition) is 2. The highest BCUT2D eigenvalue weighted by molar-refractivity contribution is 6.29. The number of halogens is 2. The summed E-state index contributed by atoms with van der Waals surface area (Å²) in [6.45, 7) is 4.18. The molecule has 0 atom stereocenters. The van der Waals surface area contributed by atoms with Gasteiger partial charge in [-0.15, -0.1) is 0 Å². The van der Waals surface area contributed by atoms with Gasteiger partial charge < -0.3 is 10.6 Å².